The van der Waals surface area contributed by atoms with E-state index in [2.05, 4.69) is 0 Å². The molecule has 1 saturated heterocycles. The largest absolute Gasteiger partial charge is 0.342 e. The zero-order chi connectivity index (χ0) is 17.0. The van der Waals surface area contributed by atoms with Crippen LogP contribution in [-0.4, -0.2) is 56.3 Å². The van der Waals surface area contributed by atoms with Crippen molar-refractivity contribution in [1.29, 1.82) is 0 Å². The summed E-state index contributed by atoms with van der Waals surface area (Å²) in [5, 5.41) is 0. The Balaban J connectivity index is 0.00000288. The summed E-state index contributed by atoms with van der Waals surface area (Å²) < 4.78 is 26.8. The molecule has 1 aromatic carbocycles. The fourth-order valence-electron chi connectivity index (χ4n) is 2.77. The number of sulfonamides is 1. The Morgan fingerprint density at radius 1 is 1.38 bits per heavy atom. The van der Waals surface area contributed by atoms with Gasteiger partial charge in [-0.3, -0.25) is 4.79 Å². The number of hydrogen-bond donors (Lipinski definition) is 1. The SMILES string of the molecule is CC(CN)N(C)C(=O)C1CCCN(S(=O)(=O)c2ccccc2)C1.Cl. The number of piperidine rings is 1. The van der Waals surface area contributed by atoms with Crippen molar-refractivity contribution >= 4 is 28.3 Å². The number of rotatable bonds is 5. The molecule has 0 spiro atoms. The third kappa shape index (κ3) is 4.47. The lowest BCUT2D eigenvalue weighted by atomic mass is 9.97. The second-order valence-corrected chi connectivity index (χ2v) is 7.99. The third-order valence-corrected chi connectivity index (χ3v) is 6.34. The van der Waals surface area contributed by atoms with Gasteiger partial charge in [-0.2, -0.15) is 4.31 Å². The number of benzene rings is 1. The molecule has 8 heteroatoms. The molecule has 0 bridgehead atoms. The van der Waals surface area contributed by atoms with Crippen molar-refractivity contribution in [2.24, 2.45) is 11.7 Å². The lowest BCUT2D eigenvalue weighted by Gasteiger charge is -2.34. The summed E-state index contributed by atoms with van der Waals surface area (Å²) >= 11 is 0. The molecule has 0 aliphatic carbocycles. The van der Waals surface area contributed by atoms with E-state index in [-0.39, 0.29) is 41.7 Å². The zero-order valence-corrected chi connectivity index (χ0v) is 15.7. The van der Waals surface area contributed by atoms with Crippen LogP contribution in [-0.2, 0) is 14.8 Å². The highest BCUT2D eigenvalue weighted by Crippen LogP contribution is 2.25. The molecule has 2 atom stereocenters. The topological polar surface area (TPSA) is 83.7 Å². The fourth-order valence-corrected chi connectivity index (χ4v) is 4.31. The Hall–Kier alpha value is -1.15. The van der Waals surface area contributed by atoms with Crippen molar-refractivity contribution < 1.29 is 13.2 Å². The maximum Gasteiger partial charge on any atom is 0.243 e. The predicted octanol–water partition coefficient (Wildman–Crippen LogP) is 1.31. The molecule has 2 rings (SSSR count). The lowest BCUT2D eigenvalue weighted by molar-refractivity contribution is -0.137. The minimum absolute atomic E-state index is 0. The zero-order valence-electron chi connectivity index (χ0n) is 14.1. The van der Waals surface area contributed by atoms with E-state index >= 15 is 0 Å². The number of nitrogens with zero attached hydrogens (tertiary/aromatic N) is 2. The Bertz CT molecular complexity index is 639. The van der Waals surface area contributed by atoms with Crippen molar-refractivity contribution in [1.82, 2.24) is 9.21 Å². The van der Waals surface area contributed by atoms with Crippen LogP contribution in [0, 0.1) is 5.92 Å². The molecular weight excluding hydrogens is 350 g/mol. The summed E-state index contributed by atoms with van der Waals surface area (Å²) in [7, 11) is -1.82. The van der Waals surface area contributed by atoms with Gasteiger partial charge in [-0.1, -0.05) is 18.2 Å². The van der Waals surface area contributed by atoms with E-state index in [9.17, 15) is 13.2 Å². The van der Waals surface area contributed by atoms with Gasteiger partial charge < -0.3 is 10.6 Å². The first-order valence-corrected chi connectivity index (χ1v) is 9.34. The molecule has 1 heterocycles. The number of carbonyl (C=O) groups excluding carboxylic acids is 1. The molecular formula is C16H26ClN3O3S. The minimum atomic E-state index is -3.54. The van der Waals surface area contributed by atoms with Crippen LogP contribution in [0.25, 0.3) is 0 Å². The molecule has 136 valence electrons. The first-order valence-electron chi connectivity index (χ1n) is 7.90. The Morgan fingerprint density at radius 3 is 2.58 bits per heavy atom. The molecule has 0 aromatic heterocycles. The van der Waals surface area contributed by atoms with Crippen LogP contribution >= 0.6 is 12.4 Å². The third-order valence-electron chi connectivity index (χ3n) is 4.46. The van der Waals surface area contributed by atoms with Gasteiger partial charge in [-0.15, -0.1) is 12.4 Å². The van der Waals surface area contributed by atoms with E-state index in [1.807, 2.05) is 6.92 Å². The summed E-state index contributed by atoms with van der Waals surface area (Å²) in [5.74, 6) is -0.336. The van der Waals surface area contributed by atoms with Gasteiger partial charge in [0.05, 0.1) is 10.8 Å². The summed E-state index contributed by atoms with van der Waals surface area (Å²) in [5.41, 5.74) is 5.61. The van der Waals surface area contributed by atoms with E-state index in [0.29, 0.717) is 25.9 Å². The van der Waals surface area contributed by atoms with Crippen LogP contribution < -0.4 is 5.73 Å². The van der Waals surface area contributed by atoms with Crippen molar-refractivity contribution in [3.63, 3.8) is 0 Å². The number of likely N-dealkylation sites (N-methyl/N-ethyl adjacent to an activating group) is 1. The van der Waals surface area contributed by atoms with Crippen molar-refractivity contribution in [2.75, 3.05) is 26.7 Å². The highest BCUT2D eigenvalue weighted by Gasteiger charge is 2.34. The molecule has 24 heavy (non-hydrogen) atoms. The lowest BCUT2D eigenvalue weighted by Crippen LogP contribution is -2.49. The first-order chi connectivity index (χ1) is 10.9. The minimum Gasteiger partial charge on any atom is -0.342 e. The molecule has 1 aromatic rings. The molecule has 1 fully saturated rings. The summed E-state index contributed by atoms with van der Waals surface area (Å²) in [6, 6.07) is 8.31. The molecule has 1 amide bonds. The highest BCUT2D eigenvalue weighted by molar-refractivity contribution is 7.89. The molecule has 2 N–H and O–H groups in total. The number of nitrogens with two attached hydrogens (primary N) is 1. The van der Waals surface area contributed by atoms with Crippen molar-refractivity contribution in [2.45, 2.75) is 30.7 Å². The highest BCUT2D eigenvalue weighted by atomic mass is 35.5. The van der Waals surface area contributed by atoms with Gasteiger partial charge in [-0.25, -0.2) is 8.42 Å². The van der Waals surface area contributed by atoms with Gasteiger partial charge in [0.2, 0.25) is 15.9 Å². The molecule has 0 saturated carbocycles. The summed E-state index contributed by atoms with van der Waals surface area (Å²) in [4.78, 5) is 14.5. The van der Waals surface area contributed by atoms with Gasteiger partial charge in [-0.05, 0) is 31.9 Å². The van der Waals surface area contributed by atoms with Crippen LogP contribution in [0.2, 0.25) is 0 Å². The smallest absolute Gasteiger partial charge is 0.243 e. The van der Waals surface area contributed by atoms with Crippen LogP contribution in [0.3, 0.4) is 0 Å². The average Bonchev–Trinajstić information content (AvgIpc) is 2.60. The quantitative estimate of drug-likeness (QED) is 0.841. The second-order valence-electron chi connectivity index (χ2n) is 6.05. The normalized spacial score (nSPS) is 20.0. The number of hydrogen-bond acceptors (Lipinski definition) is 4. The summed E-state index contributed by atoms with van der Waals surface area (Å²) in [6.45, 7) is 2.97. The monoisotopic (exact) mass is 375 g/mol. The second kappa shape index (κ2) is 8.80. The maximum atomic E-state index is 12.7. The van der Waals surface area contributed by atoms with Crippen molar-refractivity contribution in [3.8, 4) is 0 Å². The number of amides is 1. The van der Waals surface area contributed by atoms with E-state index in [1.54, 1.807) is 42.3 Å². The van der Waals surface area contributed by atoms with E-state index in [4.69, 9.17) is 5.73 Å². The molecule has 1 aliphatic rings. The Morgan fingerprint density at radius 2 is 2.00 bits per heavy atom. The molecule has 6 nitrogen and oxygen atoms in total. The van der Waals surface area contributed by atoms with Crippen LogP contribution in [0.5, 0.6) is 0 Å². The number of carbonyl (C=O) groups is 1. The molecule has 2 unspecified atom stereocenters. The first kappa shape index (κ1) is 20.9. The van der Waals surface area contributed by atoms with Gasteiger partial charge in [0.1, 0.15) is 0 Å². The summed E-state index contributed by atoms with van der Waals surface area (Å²) in [6.07, 6.45) is 1.40. The predicted molar refractivity (Wildman–Crippen MR) is 96.5 cm³/mol. The van der Waals surface area contributed by atoms with Gasteiger partial charge >= 0.3 is 0 Å². The average molecular weight is 376 g/mol. The van der Waals surface area contributed by atoms with Crippen LogP contribution in [0.4, 0.5) is 0 Å². The van der Waals surface area contributed by atoms with Crippen LogP contribution in [0.1, 0.15) is 19.8 Å². The fraction of sp³-hybridized carbons (Fsp3) is 0.562. The van der Waals surface area contributed by atoms with Crippen molar-refractivity contribution in [3.05, 3.63) is 30.3 Å². The van der Waals surface area contributed by atoms with Gasteiger partial charge in [0.25, 0.3) is 0 Å². The maximum absolute atomic E-state index is 12.7. The van der Waals surface area contributed by atoms with Gasteiger partial charge in [0.15, 0.2) is 0 Å². The van der Waals surface area contributed by atoms with Gasteiger partial charge in [0, 0.05) is 32.7 Å². The van der Waals surface area contributed by atoms with E-state index in [1.165, 1.54) is 4.31 Å². The Labute approximate surface area is 150 Å². The molecule has 0 radical (unpaired) electrons. The standard InChI is InChI=1S/C16H25N3O3S.ClH/c1-13(11-17)18(2)16(20)14-7-6-10-19(12-14)23(21,22)15-8-4-3-5-9-15;/h3-5,8-9,13-14H,6-7,10-12,17H2,1-2H3;1H. The van der Waals surface area contributed by atoms with E-state index in [0.717, 1.165) is 0 Å². The van der Waals surface area contributed by atoms with E-state index < -0.39 is 10.0 Å². The van der Waals surface area contributed by atoms with Crippen LogP contribution in [0.15, 0.2) is 35.2 Å². The Kier molecular flexibility index (Phi) is 7.66. The molecule has 1 aliphatic heterocycles. The number of halogens is 1.